The second kappa shape index (κ2) is 7.21. The lowest BCUT2D eigenvalue weighted by molar-refractivity contribution is -0.143. The van der Waals surface area contributed by atoms with E-state index in [0.717, 1.165) is 6.07 Å². The number of nitrogens with two attached hydrogens (primary N) is 1. The van der Waals surface area contributed by atoms with E-state index in [9.17, 15) is 34.8 Å². The zero-order valence-corrected chi connectivity index (χ0v) is 14.7. The van der Waals surface area contributed by atoms with Gasteiger partial charge in [0.2, 0.25) is 10.0 Å². The monoisotopic (exact) mass is 432 g/mol. The highest BCUT2D eigenvalue weighted by atomic mass is 35.5. The Kier molecular flexibility index (Phi) is 5.69. The van der Waals surface area contributed by atoms with Gasteiger partial charge >= 0.3 is 12.4 Å². The molecule has 0 aliphatic rings. The molecule has 0 aromatic heterocycles. The zero-order chi connectivity index (χ0) is 20.6. The average Bonchev–Trinajstić information content (AvgIpc) is 2.51. The van der Waals surface area contributed by atoms with Crippen LogP contribution in [0.25, 0.3) is 0 Å². The first kappa shape index (κ1) is 21.3. The maximum Gasteiger partial charge on any atom is 0.416 e. The Balaban J connectivity index is 2.36. The van der Waals surface area contributed by atoms with E-state index in [1.807, 2.05) is 0 Å². The van der Waals surface area contributed by atoms with Crippen molar-refractivity contribution >= 4 is 27.3 Å². The molecule has 27 heavy (non-hydrogen) atoms. The Morgan fingerprint density at radius 1 is 0.926 bits per heavy atom. The molecular weight excluding hydrogens is 422 g/mol. The predicted octanol–water partition coefficient (Wildman–Crippen LogP) is 4.64. The molecular formula is C15H11ClF6N2O2S. The lowest BCUT2D eigenvalue weighted by Crippen LogP contribution is -2.14. The van der Waals surface area contributed by atoms with Crippen LogP contribution in [-0.2, 0) is 28.9 Å². The second-order valence-corrected chi connectivity index (χ2v) is 7.39. The summed E-state index contributed by atoms with van der Waals surface area (Å²) < 4.78 is 99.9. The van der Waals surface area contributed by atoms with Gasteiger partial charge in [0.05, 0.1) is 16.1 Å². The number of benzene rings is 2. The highest BCUT2D eigenvalue weighted by Crippen LogP contribution is 2.37. The van der Waals surface area contributed by atoms with Gasteiger partial charge in [-0.05, 0) is 35.9 Å². The Hall–Kier alpha value is -1.98. The van der Waals surface area contributed by atoms with Gasteiger partial charge in [0, 0.05) is 12.2 Å². The van der Waals surface area contributed by atoms with E-state index < -0.39 is 44.1 Å². The number of alkyl halides is 6. The van der Waals surface area contributed by atoms with E-state index in [2.05, 4.69) is 5.32 Å². The standard InChI is InChI=1S/C15H11ClF6N2O2S/c16-12-2-1-8(3-13(12)27(23,25)26)7-24-11-5-9(14(17,18)19)4-10(6-11)15(20,21)22/h1-6,24H,7H2,(H2,23,25,26). The van der Waals surface area contributed by atoms with E-state index >= 15 is 0 Å². The fourth-order valence-electron chi connectivity index (χ4n) is 2.14. The summed E-state index contributed by atoms with van der Waals surface area (Å²) in [6.07, 6.45) is -9.95. The minimum Gasteiger partial charge on any atom is -0.381 e. The third-order valence-electron chi connectivity index (χ3n) is 3.39. The normalized spacial score (nSPS) is 12.9. The van der Waals surface area contributed by atoms with Gasteiger partial charge < -0.3 is 5.32 Å². The first-order valence-corrected chi connectivity index (χ1v) is 8.95. The third-order valence-corrected chi connectivity index (χ3v) is 4.78. The maximum absolute atomic E-state index is 12.8. The molecule has 2 rings (SSSR count). The minimum absolute atomic E-state index is 0.00652. The van der Waals surface area contributed by atoms with Crippen molar-refractivity contribution in [2.75, 3.05) is 5.32 Å². The molecule has 4 nitrogen and oxygen atoms in total. The van der Waals surface area contributed by atoms with E-state index in [1.165, 1.54) is 12.1 Å². The molecule has 0 heterocycles. The molecule has 2 aromatic carbocycles. The number of anilines is 1. The third kappa shape index (κ3) is 5.50. The summed E-state index contributed by atoms with van der Waals surface area (Å²) in [6, 6.07) is 4.67. The fourth-order valence-corrected chi connectivity index (χ4v) is 3.23. The lowest BCUT2D eigenvalue weighted by Gasteiger charge is -2.15. The Labute approximate surface area is 155 Å². The maximum atomic E-state index is 12.8. The average molecular weight is 433 g/mol. The summed E-state index contributed by atoms with van der Waals surface area (Å²) in [5.41, 5.74) is -3.15. The van der Waals surface area contributed by atoms with Crippen molar-refractivity contribution in [1.29, 1.82) is 0 Å². The Bertz CT molecular complexity index is 926. The summed E-state index contributed by atoms with van der Waals surface area (Å²) >= 11 is 5.71. The zero-order valence-electron chi connectivity index (χ0n) is 13.1. The van der Waals surface area contributed by atoms with Crippen LogP contribution in [0.1, 0.15) is 16.7 Å². The van der Waals surface area contributed by atoms with Crippen LogP contribution < -0.4 is 10.5 Å². The molecule has 0 saturated heterocycles. The highest BCUT2D eigenvalue weighted by molar-refractivity contribution is 7.89. The molecule has 3 N–H and O–H groups in total. The quantitative estimate of drug-likeness (QED) is 0.691. The van der Waals surface area contributed by atoms with Crippen LogP contribution >= 0.6 is 11.6 Å². The summed E-state index contributed by atoms with van der Waals surface area (Å²) in [7, 11) is -4.15. The van der Waals surface area contributed by atoms with Crippen molar-refractivity contribution in [3.63, 3.8) is 0 Å². The molecule has 0 aliphatic carbocycles. The smallest absolute Gasteiger partial charge is 0.381 e. The number of rotatable bonds is 4. The van der Waals surface area contributed by atoms with Crippen LogP contribution in [0, 0.1) is 0 Å². The molecule has 0 unspecified atom stereocenters. The van der Waals surface area contributed by atoms with E-state index in [1.54, 1.807) is 0 Å². The molecule has 0 radical (unpaired) electrons. The number of hydrogen-bond donors (Lipinski definition) is 2. The van der Waals surface area contributed by atoms with E-state index in [4.69, 9.17) is 16.7 Å². The topological polar surface area (TPSA) is 72.2 Å². The molecule has 0 saturated carbocycles. The summed E-state index contributed by atoms with van der Waals surface area (Å²) in [6.45, 7) is -0.266. The van der Waals surface area contributed by atoms with Gasteiger partial charge in [-0.1, -0.05) is 17.7 Å². The fraction of sp³-hybridized carbons (Fsp3) is 0.200. The number of primary sulfonamides is 1. The van der Waals surface area contributed by atoms with Gasteiger partial charge in [-0.3, -0.25) is 0 Å². The van der Waals surface area contributed by atoms with Crippen molar-refractivity contribution in [2.24, 2.45) is 5.14 Å². The number of nitrogens with one attached hydrogen (secondary N) is 1. The van der Waals surface area contributed by atoms with Crippen molar-refractivity contribution in [3.8, 4) is 0 Å². The SMILES string of the molecule is NS(=O)(=O)c1cc(CNc2cc(C(F)(F)F)cc(C(F)(F)F)c2)ccc1Cl. The molecule has 0 fully saturated rings. The van der Waals surface area contributed by atoms with Crippen molar-refractivity contribution in [2.45, 2.75) is 23.8 Å². The summed E-state index contributed by atoms with van der Waals surface area (Å²) in [5, 5.41) is 7.22. The number of halogens is 7. The van der Waals surface area contributed by atoms with Crippen LogP contribution in [0.3, 0.4) is 0 Å². The van der Waals surface area contributed by atoms with E-state index in [-0.39, 0.29) is 23.2 Å². The van der Waals surface area contributed by atoms with Gasteiger partial charge in [0.1, 0.15) is 4.90 Å². The van der Waals surface area contributed by atoms with Gasteiger partial charge in [-0.25, -0.2) is 13.6 Å². The summed E-state index contributed by atoms with van der Waals surface area (Å²) in [4.78, 5) is -0.413. The first-order chi connectivity index (χ1) is 12.2. The Morgan fingerprint density at radius 2 is 1.44 bits per heavy atom. The Morgan fingerprint density at radius 3 is 1.89 bits per heavy atom. The molecule has 0 spiro atoms. The molecule has 0 bridgehead atoms. The largest absolute Gasteiger partial charge is 0.416 e. The minimum atomic E-state index is -4.97. The van der Waals surface area contributed by atoms with Gasteiger partial charge in [-0.2, -0.15) is 26.3 Å². The molecule has 0 amide bonds. The van der Waals surface area contributed by atoms with Crippen LogP contribution in [-0.4, -0.2) is 8.42 Å². The van der Waals surface area contributed by atoms with Crippen molar-refractivity contribution in [3.05, 3.63) is 58.1 Å². The lowest BCUT2D eigenvalue weighted by atomic mass is 10.1. The van der Waals surface area contributed by atoms with Crippen LogP contribution in [0.2, 0.25) is 5.02 Å². The van der Waals surface area contributed by atoms with Gasteiger partial charge in [0.25, 0.3) is 0 Å². The summed E-state index contributed by atoms with van der Waals surface area (Å²) in [5.74, 6) is 0. The molecule has 2 aromatic rings. The second-order valence-electron chi connectivity index (χ2n) is 5.46. The predicted molar refractivity (Wildman–Crippen MR) is 86.6 cm³/mol. The number of hydrogen-bond acceptors (Lipinski definition) is 3. The van der Waals surface area contributed by atoms with E-state index in [0.29, 0.717) is 12.1 Å². The van der Waals surface area contributed by atoms with Crippen LogP contribution in [0.5, 0.6) is 0 Å². The van der Waals surface area contributed by atoms with Crippen molar-refractivity contribution in [1.82, 2.24) is 0 Å². The molecule has 12 heteroatoms. The molecule has 0 aliphatic heterocycles. The molecule has 0 atom stereocenters. The van der Waals surface area contributed by atoms with Crippen LogP contribution in [0.4, 0.5) is 32.0 Å². The van der Waals surface area contributed by atoms with Gasteiger partial charge in [-0.15, -0.1) is 0 Å². The first-order valence-electron chi connectivity index (χ1n) is 7.02. The van der Waals surface area contributed by atoms with Gasteiger partial charge in [0.15, 0.2) is 0 Å². The van der Waals surface area contributed by atoms with Crippen LogP contribution in [0.15, 0.2) is 41.3 Å². The number of sulfonamides is 1. The highest BCUT2D eigenvalue weighted by Gasteiger charge is 2.36. The molecule has 148 valence electrons. The van der Waals surface area contributed by atoms with Crippen molar-refractivity contribution < 1.29 is 34.8 Å².